The molecule has 20 heavy (non-hydrogen) atoms. The van der Waals surface area contributed by atoms with Gasteiger partial charge in [0.25, 0.3) is 0 Å². The molecule has 1 amide bonds. The summed E-state index contributed by atoms with van der Waals surface area (Å²) in [5, 5.41) is 11.3. The predicted molar refractivity (Wildman–Crippen MR) is 74.8 cm³/mol. The summed E-state index contributed by atoms with van der Waals surface area (Å²) >= 11 is 0. The highest BCUT2D eigenvalue weighted by molar-refractivity contribution is 5.78. The lowest BCUT2D eigenvalue weighted by Crippen LogP contribution is -2.38. The summed E-state index contributed by atoms with van der Waals surface area (Å²) in [6.45, 7) is 0.451. The van der Waals surface area contributed by atoms with Crippen LogP contribution in [-0.4, -0.2) is 55.7 Å². The van der Waals surface area contributed by atoms with Crippen LogP contribution in [0.15, 0.2) is 24.3 Å². The van der Waals surface area contributed by atoms with Gasteiger partial charge in [0.1, 0.15) is 5.75 Å². The number of likely N-dealkylation sites (N-methyl/N-ethyl adjacent to an activating group) is 1. The van der Waals surface area contributed by atoms with Crippen molar-refractivity contribution in [3.8, 4) is 5.75 Å². The molecule has 6 heteroatoms. The van der Waals surface area contributed by atoms with Gasteiger partial charge >= 0.3 is 5.97 Å². The van der Waals surface area contributed by atoms with Gasteiger partial charge in [-0.25, -0.2) is 0 Å². The molecule has 0 saturated carbocycles. The maximum absolute atomic E-state index is 11.6. The molecule has 1 aromatic carbocycles. The van der Waals surface area contributed by atoms with E-state index in [-0.39, 0.29) is 19.0 Å². The maximum atomic E-state index is 11.6. The molecular formula is C14H20N2O4. The number of ether oxygens (including phenoxy) is 1. The van der Waals surface area contributed by atoms with Crippen LogP contribution in [0.2, 0.25) is 0 Å². The predicted octanol–water partition coefficient (Wildman–Crippen LogP) is 0.370. The highest BCUT2D eigenvalue weighted by atomic mass is 16.5. The van der Waals surface area contributed by atoms with E-state index in [9.17, 15) is 9.59 Å². The van der Waals surface area contributed by atoms with Crippen LogP contribution in [0.3, 0.4) is 0 Å². The van der Waals surface area contributed by atoms with Gasteiger partial charge in [-0.1, -0.05) is 12.1 Å². The van der Waals surface area contributed by atoms with Crippen molar-refractivity contribution in [1.82, 2.24) is 10.2 Å². The van der Waals surface area contributed by atoms with Gasteiger partial charge in [0, 0.05) is 6.54 Å². The fourth-order valence-electron chi connectivity index (χ4n) is 1.73. The highest BCUT2D eigenvalue weighted by Crippen LogP contribution is 2.11. The Balaban J connectivity index is 2.25. The number of carbonyl (C=O) groups is 2. The second-order valence-electron chi connectivity index (χ2n) is 4.51. The first-order valence-electron chi connectivity index (χ1n) is 6.31. The molecule has 0 heterocycles. The van der Waals surface area contributed by atoms with Crippen LogP contribution < -0.4 is 10.1 Å². The van der Waals surface area contributed by atoms with Gasteiger partial charge in [0.05, 0.1) is 20.2 Å². The Morgan fingerprint density at radius 1 is 1.25 bits per heavy atom. The molecule has 0 radical (unpaired) electrons. The van der Waals surface area contributed by atoms with Crippen molar-refractivity contribution >= 4 is 11.9 Å². The van der Waals surface area contributed by atoms with Crippen LogP contribution >= 0.6 is 0 Å². The van der Waals surface area contributed by atoms with Gasteiger partial charge in [-0.15, -0.1) is 0 Å². The minimum absolute atomic E-state index is 0.0783. The summed E-state index contributed by atoms with van der Waals surface area (Å²) in [7, 11) is 3.21. The summed E-state index contributed by atoms with van der Waals surface area (Å²) in [6.07, 6.45) is 0.721. The number of nitrogens with one attached hydrogen (secondary N) is 1. The van der Waals surface area contributed by atoms with Crippen molar-refractivity contribution in [2.75, 3.05) is 33.8 Å². The number of carboxylic acids is 1. The quantitative estimate of drug-likeness (QED) is 0.719. The minimum atomic E-state index is -0.946. The van der Waals surface area contributed by atoms with E-state index in [1.165, 1.54) is 4.90 Å². The molecule has 1 aromatic rings. The lowest BCUT2D eigenvalue weighted by molar-refractivity contribution is -0.138. The Hall–Kier alpha value is -2.08. The summed E-state index contributed by atoms with van der Waals surface area (Å²) < 4.78 is 5.06. The molecule has 1 rings (SSSR count). The number of hydrogen-bond donors (Lipinski definition) is 2. The van der Waals surface area contributed by atoms with Crippen molar-refractivity contribution in [1.29, 1.82) is 0 Å². The molecule has 0 unspecified atom stereocenters. The number of amides is 1. The molecule has 6 nitrogen and oxygen atoms in total. The topological polar surface area (TPSA) is 78.9 Å². The second kappa shape index (κ2) is 8.16. The van der Waals surface area contributed by atoms with Crippen LogP contribution in [0.1, 0.15) is 5.56 Å². The van der Waals surface area contributed by atoms with E-state index in [4.69, 9.17) is 9.84 Å². The third-order valence-electron chi connectivity index (χ3n) is 2.71. The number of hydrogen-bond acceptors (Lipinski definition) is 4. The zero-order chi connectivity index (χ0) is 15.0. The molecular weight excluding hydrogens is 260 g/mol. The summed E-state index contributed by atoms with van der Waals surface area (Å²) in [5.41, 5.74) is 1.10. The van der Waals surface area contributed by atoms with Gasteiger partial charge in [-0.3, -0.25) is 14.5 Å². The summed E-state index contributed by atoms with van der Waals surface area (Å²) in [4.78, 5) is 23.5. The number of methoxy groups -OCH3 is 1. The van der Waals surface area contributed by atoms with E-state index >= 15 is 0 Å². The van der Waals surface area contributed by atoms with Crippen molar-refractivity contribution in [3.05, 3.63) is 29.8 Å². The van der Waals surface area contributed by atoms with E-state index in [2.05, 4.69) is 5.32 Å². The van der Waals surface area contributed by atoms with Gasteiger partial charge < -0.3 is 15.2 Å². The molecule has 0 aromatic heterocycles. The number of nitrogens with zero attached hydrogens (tertiary/aromatic N) is 1. The summed E-state index contributed by atoms with van der Waals surface area (Å²) in [5.74, 6) is -0.325. The molecule has 0 fully saturated rings. The number of benzene rings is 1. The number of rotatable bonds is 8. The lowest BCUT2D eigenvalue weighted by atomic mass is 10.1. The molecule has 0 spiro atoms. The fraction of sp³-hybridized carbons (Fsp3) is 0.429. The normalized spacial score (nSPS) is 10.3. The molecule has 0 saturated heterocycles. The summed E-state index contributed by atoms with van der Waals surface area (Å²) in [6, 6.07) is 7.64. The first kappa shape index (κ1) is 16.0. The van der Waals surface area contributed by atoms with Crippen molar-refractivity contribution in [2.24, 2.45) is 0 Å². The lowest BCUT2D eigenvalue weighted by Gasteiger charge is -2.13. The smallest absolute Gasteiger partial charge is 0.317 e. The van der Waals surface area contributed by atoms with E-state index in [0.717, 1.165) is 17.7 Å². The van der Waals surface area contributed by atoms with Crippen molar-refractivity contribution < 1.29 is 19.4 Å². The van der Waals surface area contributed by atoms with E-state index in [1.807, 2.05) is 24.3 Å². The number of aliphatic carboxylic acids is 1. The van der Waals surface area contributed by atoms with Gasteiger partial charge in [0.2, 0.25) is 5.91 Å². The Labute approximate surface area is 118 Å². The highest BCUT2D eigenvalue weighted by Gasteiger charge is 2.08. The van der Waals surface area contributed by atoms with Crippen molar-refractivity contribution in [2.45, 2.75) is 6.42 Å². The number of carbonyl (C=O) groups excluding carboxylic acids is 1. The van der Waals surface area contributed by atoms with Crippen LogP contribution in [0.4, 0.5) is 0 Å². The second-order valence-corrected chi connectivity index (χ2v) is 4.51. The molecule has 2 N–H and O–H groups in total. The molecule has 0 aliphatic carbocycles. The fourth-order valence-corrected chi connectivity index (χ4v) is 1.73. The number of carboxylic acid groups (broad SMARTS) is 1. The molecule has 0 aliphatic heterocycles. The molecule has 0 aliphatic rings. The standard InChI is InChI=1S/C14H20N2O4/c1-16(10-14(18)19)9-13(17)15-8-7-11-3-5-12(20-2)6-4-11/h3-6H,7-10H2,1-2H3,(H,15,17)(H,18,19). The SMILES string of the molecule is COc1ccc(CCNC(=O)CN(C)CC(=O)O)cc1. The average molecular weight is 280 g/mol. The zero-order valence-corrected chi connectivity index (χ0v) is 11.8. The van der Waals surface area contributed by atoms with Crippen LogP contribution in [0.5, 0.6) is 5.75 Å². The average Bonchev–Trinajstić information content (AvgIpc) is 2.38. The molecule has 0 atom stereocenters. The first-order chi connectivity index (χ1) is 9.51. The van der Waals surface area contributed by atoms with E-state index < -0.39 is 5.97 Å². The Kier molecular flexibility index (Phi) is 6.52. The maximum Gasteiger partial charge on any atom is 0.317 e. The first-order valence-corrected chi connectivity index (χ1v) is 6.31. The molecule has 110 valence electrons. The van der Waals surface area contributed by atoms with E-state index in [1.54, 1.807) is 14.2 Å². The van der Waals surface area contributed by atoms with Gasteiger partial charge in [-0.05, 0) is 31.2 Å². The van der Waals surface area contributed by atoms with Gasteiger partial charge in [-0.2, -0.15) is 0 Å². The van der Waals surface area contributed by atoms with Crippen LogP contribution in [0.25, 0.3) is 0 Å². The van der Waals surface area contributed by atoms with Gasteiger partial charge in [0.15, 0.2) is 0 Å². The largest absolute Gasteiger partial charge is 0.497 e. The third kappa shape index (κ3) is 6.19. The van der Waals surface area contributed by atoms with E-state index in [0.29, 0.717) is 6.54 Å². The zero-order valence-electron chi connectivity index (χ0n) is 11.8. The Morgan fingerprint density at radius 3 is 2.45 bits per heavy atom. The van der Waals surface area contributed by atoms with Crippen LogP contribution in [-0.2, 0) is 16.0 Å². The molecule has 0 bridgehead atoms. The van der Waals surface area contributed by atoms with Crippen LogP contribution in [0, 0.1) is 0 Å². The minimum Gasteiger partial charge on any atom is -0.497 e. The Bertz CT molecular complexity index is 445. The third-order valence-corrected chi connectivity index (χ3v) is 2.71. The monoisotopic (exact) mass is 280 g/mol. The Morgan fingerprint density at radius 2 is 1.90 bits per heavy atom. The van der Waals surface area contributed by atoms with Crippen molar-refractivity contribution in [3.63, 3.8) is 0 Å².